The van der Waals surface area contributed by atoms with Gasteiger partial charge in [-0.1, -0.05) is 11.6 Å². The summed E-state index contributed by atoms with van der Waals surface area (Å²) in [6.07, 6.45) is 3.78. The van der Waals surface area contributed by atoms with Crippen LogP contribution in [0, 0.1) is 10.1 Å². The first kappa shape index (κ1) is 15.7. The van der Waals surface area contributed by atoms with Gasteiger partial charge in [0.2, 0.25) is 0 Å². The van der Waals surface area contributed by atoms with Crippen molar-refractivity contribution in [1.82, 2.24) is 10.3 Å². The lowest BCUT2D eigenvalue weighted by Gasteiger charge is -2.15. The first-order valence-corrected chi connectivity index (χ1v) is 7.63. The van der Waals surface area contributed by atoms with Crippen LogP contribution in [-0.4, -0.2) is 29.1 Å². The molecular formula is C16H16ClN3O3. The van der Waals surface area contributed by atoms with Crippen molar-refractivity contribution in [3.05, 3.63) is 51.8 Å². The standard InChI is InChI=1S/C16H16ClN3O3/c1-18-16(6-7-16)10-23-13-8-14(15(17)19-9-13)11-2-4-12(5-3-11)20(21)22/h2-5,8-9,18H,6-7,10H2,1H3. The summed E-state index contributed by atoms with van der Waals surface area (Å²) in [4.78, 5) is 14.4. The number of benzene rings is 1. The molecule has 1 N–H and O–H groups in total. The third-order valence-electron chi connectivity index (χ3n) is 4.10. The average molecular weight is 334 g/mol. The Morgan fingerprint density at radius 3 is 2.65 bits per heavy atom. The zero-order chi connectivity index (χ0) is 16.4. The zero-order valence-electron chi connectivity index (χ0n) is 12.6. The van der Waals surface area contributed by atoms with Gasteiger partial charge in [0.05, 0.1) is 16.7 Å². The highest BCUT2D eigenvalue weighted by Gasteiger charge is 2.41. The summed E-state index contributed by atoms with van der Waals surface area (Å²) >= 11 is 6.15. The lowest BCUT2D eigenvalue weighted by Crippen LogP contribution is -2.33. The van der Waals surface area contributed by atoms with Crippen molar-refractivity contribution in [1.29, 1.82) is 0 Å². The number of hydrogen-bond donors (Lipinski definition) is 1. The molecule has 0 radical (unpaired) electrons. The number of rotatable bonds is 6. The van der Waals surface area contributed by atoms with Crippen LogP contribution in [0.25, 0.3) is 11.1 Å². The zero-order valence-corrected chi connectivity index (χ0v) is 13.3. The Balaban J connectivity index is 1.81. The third-order valence-corrected chi connectivity index (χ3v) is 4.40. The summed E-state index contributed by atoms with van der Waals surface area (Å²) in [5, 5.41) is 14.3. The fraction of sp³-hybridized carbons (Fsp3) is 0.312. The van der Waals surface area contributed by atoms with Crippen LogP contribution in [0.1, 0.15) is 12.8 Å². The molecule has 0 atom stereocenters. The Hall–Kier alpha value is -2.18. The van der Waals surface area contributed by atoms with Crippen LogP contribution >= 0.6 is 11.6 Å². The second kappa shape index (κ2) is 6.14. The van der Waals surface area contributed by atoms with Gasteiger partial charge in [-0.05, 0) is 43.7 Å². The number of non-ortho nitro benzene ring substituents is 1. The van der Waals surface area contributed by atoms with E-state index in [1.54, 1.807) is 18.3 Å². The summed E-state index contributed by atoms with van der Waals surface area (Å²) in [6.45, 7) is 0.576. The minimum atomic E-state index is -0.435. The quantitative estimate of drug-likeness (QED) is 0.498. The van der Waals surface area contributed by atoms with E-state index in [0.717, 1.165) is 18.4 Å². The predicted molar refractivity (Wildman–Crippen MR) is 87.9 cm³/mol. The van der Waals surface area contributed by atoms with Gasteiger partial charge in [-0.3, -0.25) is 10.1 Å². The SMILES string of the molecule is CNC1(COc2cnc(Cl)c(-c3ccc([N+](=O)[O-])cc3)c2)CC1. The van der Waals surface area contributed by atoms with E-state index >= 15 is 0 Å². The average Bonchev–Trinajstić information content (AvgIpc) is 3.35. The van der Waals surface area contributed by atoms with E-state index in [-0.39, 0.29) is 11.2 Å². The van der Waals surface area contributed by atoms with E-state index in [9.17, 15) is 10.1 Å². The molecule has 7 heteroatoms. The summed E-state index contributed by atoms with van der Waals surface area (Å²) in [7, 11) is 1.93. The van der Waals surface area contributed by atoms with Crippen LogP contribution in [0.15, 0.2) is 36.5 Å². The lowest BCUT2D eigenvalue weighted by atomic mass is 10.1. The highest BCUT2D eigenvalue weighted by molar-refractivity contribution is 6.32. The van der Waals surface area contributed by atoms with Crippen LogP contribution in [-0.2, 0) is 0 Å². The molecule has 1 aliphatic carbocycles. The maximum absolute atomic E-state index is 10.7. The van der Waals surface area contributed by atoms with Gasteiger partial charge >= 0.3 is 0 Å². The lowest BCUT2D eigenvalue weighted by molar-refractivity contribution is -0.384. The highest BCUT2D eigenvalue weighted by atomic mass is 35.5. The van der Waals surface area contributed by atoms with Crippen molar-refractivity contribution >= 4 is 17.3 Å². The maximum atomic E-state index is 10.7. The fourth-order valence-corrected chi connectivity index (χ4v) is 2.52. The van der Waals surface area contributed by atoms with Crippen LogP contribution in [0.5, 0.6) is 5.75 Å². The topological polar surface area (TPSA) is 77.3 Å². The summed E-state index contributed by atoms with van der Waals surface area (Å²) in [5.41, 5.74) is 1.56. The molecular weight excluding hydrogens is 318 g/mol. The molecule has 3 rings (SSSR count). The second-order valence-electron chi connectivity index (χ2n) is 5.63. The third kappa shape index (κ3) is 3.43. The number of nitrogens with one attached hydrogen (secondary N) is 1. The Bertz CT molecular complexity index is 730. The number of halogens is 1. The molecule has 1 aliphatic rings. The first-order valence-electron chi connectivity index (χ1n) is 7.25. The molecule has 1 heterocycles. The Morgan fingerprint density at radius 2 is 2.09 bits per heavy atom. The van der Waals surface area contributed by atoms with Gasteiger partial charge in [0.1, 0.15) is 17.5 Å². The van der Waals surface area contributed by atoms with Crippen molar-refractivity contribution in [2.75, 3.05) is 13.7 Å². The minimum Gasteiger partial charge on any atom is -0.490 e. The van der Waals surface area contributed by atoms with Crippen molar-refractivity contribution in [3.8, 4) is 16.9 Å². The van der Waals surface area contributed by atoms with E-state index in [0.29, 0.717) is 23.1 Å². The molecule has 0 aliphatic heterocycles. The number of pyridine rings is 1. The molecule has 0 bridgehead atoms. The summed E-state index contributed by atoms with van der Waals surface area (Å²) < 4.78 is 5.81. The van der Waals surface area contributed by atoms with Gasteiger partial charge in [0, 0.05) is 17.7 Å². The van der Waals surface area contributed by atoms with Crippen LogP contribution < -0.4 is 10.1 Å². The molecule has 0 saturated heterocycles. The maximum Gasteiger partial charge on any atom is 0.269 e. The van der Waals surface area contributed by atoms with E-state index in [1.165, 1.54) is 12.1 Å². The highest BCUT2D eigenvalue weighted by Crippen LogP contribution is 2.36. The molecule has 0 amide bonds. The number of likely N-dealkylation sites (N-methyl/N-ethyl adjacent to an activating group) is 1. The number of aromatic nitrogens is 1. The molecule has 2 aromatic rings. The predicted octanol–water partition coefficient (Wildman–Crippen LogP) is 3.44. The van der Waals surface area contributed by atoms with Gasteiger partial charge < -0.3 is 10.1 Å². The van der Waals surface area contributed by atoms with Crippen molar-refractivity contribution in [3.63, 3.8) is 0 Å². The molecule has 1 aromatic heterocycles. The number of nitrogens with zero attached hydrogens (tertiary/aromatic N) is 2. The number of nitro groups is 1. The molecule has 23 heavy (non-hydrogen) atoms. The summed E-state index contributed by atoms with van der Waals surface area (Å²) in [5.74, 6) is 0.629. The number of nitro benzene ring substituents is 1. The van der Waals surface area contributed by atoms with Crippen LogP contribution in [0.2, 0.25) is 5.15 Å². The largest absolute Gasteiger partial charge is 0.490 e. The smallest absolute Gasteiger partial charge is 0.269 e. The molecule has 6 nitrogen and oxygen atoms in total. The van der Waals surface area contributed by atoms with Crippen molar-refractivity contribution in [2.45, 2.75) is 18.4 Å². The van der Waals surface area contributed by atoms with Gasteiger partial charge in [-0.2, -0.15) is 0 Å². The molecule has 120 valence electrons. The van der Waals surface area contributed by atoms with Crippen molar-refractivity contribution < 1.29 is 9.66 Å². The van der Waals surface area contributed by atoms with Crippen LogP contribution in [0.4, 0.5) is 5.69 Å². The second-order valence-corrected chi connectivity index (χ2v) is 5.99. The van der Waals surface area contributed by atoms with E-state index in [4.69, 9.17) is 16.3 Å². The molecule has 0 spiro atoms. The number of hydrogen-bond acceptors (Lipinski definition) is 5. The van der Waals surface area contributed by atoms with Gasteiger partial charge in [-0.25, -0.2) is 4.98 Å². The first-order chi connectivity index (χ1) is 11.0. The van der Waals surface area contributed by atoms with Gasteiger partial charge in [0.15, 0.2) is 0 Å². The van der Waals surface area contributed by atoms with E-state index in [2.05, 4.69) is 10.3 Å². The number of ether oxygens (including phenoxy) is 1. The summed E-state index contributed by atoms with van der Waals surface area (Å²) in [6, 6.07) is 8.00. The molecule has 1 saturated carbocycles. The van der Waals surface area contributed by atoms with Crippen molar-refractivity contribution in [2.24, 2.45) is 0 Å². The Morgan fingerprint density at radius 1 is 1.39 bits per heavy atom. The fourth-order valence-electron chi connectivity index (χ4n) is 2.31. The minimum absolute atomic E-state index is 0.0370. The normalized spacial score (nSPS) is 15.2. The Kier molecular flexibility index (Phi) is 4.19. The van der Waals surface area contributed by atoms with E-state index < -0.39 is 4.92 Å². The van der Waals surface area contributed by atoms with Gasteiger partial charge in [-0.15, -0.1) is 0 Å². The van der Waals surface area contributed by atoms with Gasteiger partial charge in [0.25, 0.3) is 5.69 Å². The monoisotopic (exact) mass is 333 g/mol. The molecule has 1 fully saturated rings. The Labute approximate surface area is 138 Å². The van der Waals surface area contributed by atoms with E-state index in [1.807, 2.05) is 13.1 Å². The van der Waals surface area contributed by atoms with Crippen LogP contribution in [0.3, 0.4) is 0 Å². The molecule has 1 aromatic carbocycles. The molecule has 0 unspecified atom stereocenters.